The Kier molecular flexibility index (Phi) is 4.87. The number of fused-ring (bicyclic) bond motifs is 8. The van der Waals surface area contributed by atoms with E-state index in [9.17, 15) is 0 Å². The third-order valence-electron chi connectivity index (χ3n) is 7.37. The van der Waals surface area contributed by atoms with E-state index in [2.05, 4.69) is 121 Å². The highest BCUT2D eigenvalue weighted by atomic mass is 16.5. The van der Waals surface area contributed by atoms with Gasteiger partial charge in [-0.05, 0) is 71.7 Å². The predicted octanol–water partition coefficient (Wildman–Crippen LogP) is 9.81. The van der Waals surface area contributed by atoms with Crippen molar-refractivity contribution < 1.29 is 4.74 Å². The van der Waals surface area contributed by atoms with Crippen LogP contribution in [0.5, 0.6) is 11.5 Å². The Balaban J connectivity index is 1.50. The van der Waals surface area contributed by atoms with E-state index in [1.54, 1.807) is 0 Å². The van der Waals surface area contributed by atoms with Crippen LogP contribution in [0.2, 0.25) is 0 Å². The van der Waals surface area contributed by atoms with Gasteiger partial charge in [-0.25, -0.2) is 0 Å². The van der Waals surface area contributed by atoms with E-state index in [-0.39, 0.29) is 0 Å². The lowest BCUT2D eigenvalue weighted by molar-refractivity contribution is 0.487. The smallest absolute Gasteiger partial charge is 0.135 e. The number of aromatic nitrogens is 1. The summed E-state index contributed by atoms with van der Waals surface area (Å²) in [6, 6.07) is 38.7. The zero-order valence-electron chi connectivity index (χ0n) is 20.6. The van der Waals surface area contributed by atoms with E-state index in [1.165, 1.54) is 38.5 Å². The van der Waals surface area contributed by atoms with Crippen molar-refractivity contribution >= 4 is 27.4 Å². The molecule has 1 aliphatic rings. The molecule has 0 saturated heterocycles. The van der Waals surface area contributed by atoms with Crippen LogP contribution < -0.4 is 4.74 Å². The molecule has 0 radical (unpaired) electrons. The van der Waals surface area contributed by atoms with Gasteiger partial charge in [-0.1, -0.05) is 85.5 Å². The maximum Gasteiger partial charge on any atom is 0.135 e. The number of para-hydroxylation sites is 2. The normalized spacial score (nSPS) is 12.4. The van der Waals surface area contributed by atoms with E-state index in [4.69, 9.17) is 4.74 Å². The van der Waals surface area contributed by atoms with Gasteiger partial charge in [-0.2, -0.15) is 0 Å². The van der Waals surface area contributed by atoms with Crippen molar-refractivity contribution in [2.24, 2.45) is 0 Å². The number of ether oxygens (including phenoxy) is 1. The van der Waals surface area contributed by atoms with Crippen molar-refractivity contribution in [2.45, 2.75) is 6.92 Å². The molecule has 0 N–H and O–H groups in total. The first-order valence-corrected chi connectivity index (χ1v) is 12.6. The Bertz CT molecular complexity index is 1890. The fourth-order valence-corrected chi connectivity index (χ4v) is 5.64. The molecule has 1 aromatic heterocycles. The van der Waals surface area contributed by atoms with Gasteiger partial charge in [0.25, 0.3) is 0 Å². The molecule has 5 aromatic carbocycles. The summed E-state index contributed by atoms with van der Waals surface area (Å²) in [4.78, 5) is 0. The molecule has 0 spiro atoms. The van der Waals surface area contributed by atoms with Crippen LogP contribution in [-0.4, -0.2) is 4.57 Å². The number of allylic oxidation sites excluding steroid dienone is 3. The summed E-state index contributed by atoms with van der Waals surface area (Å²) in [5.74, 6) is 1.75. The van der Waals surface area contributed by atoms with Gasteiger partial charge in [0.2, 0.25) is 0 Å². The molecule has 2 heterocycles. The third-order valence-corrected chi connectivity index (χ3v) is 7.37. The number of hydrogen-bond donors (Lipinski definition) is 0. The van der Waals surface area contributed by atoms with Gasteiger partial charge in [0.05, 0.1) is 11.0 Å². The lowest BCUT2D eigenvalue weighted by Gasteiger charge is -2.14. The molecule has 0 aliphatic carbocycles. The molecule has 0 fully saturated rings. The molecular weight excluding hydrogens is 450 g/mol. The summed E-state index contributed by atoms with van der Waals surface area (Å²) in [6.45, 7) is 6.05. The summed E-state index contributed by atoms with van der Waals surface area (Å²) in [6.07, 6.45) is 4.03. The minimum atomic E-state index is 0.868. The van der Waals surface area contributed by atoms with Gasteiger partial charge in [0.1, 0.15) is 11.5 Å². The Hall–Kier alpha value is -4.82. The molecular formula is C35H25NO. The highest BCUT2D eigenvalue weighted by Crippen LogP contribution is 2.47. The van der Waals surface area contributed by atoms with Gasteiger partial charge in [-0.15, -0.1) is 0 Å². The second-order valence-electron chi connectivity index (χ2n) is 9.36. The first-order chi connectivity index (χ1) is 18.3. The van der Waals surface area contributed by atoms with E-state index in [0.717, 1.165) is 33.9 Å². The van der Waals surface area contributed by atoms with E-state index >= 15 is 0 Å². The van der Waals surface area contributed by atoms with Crippen LogP contribution in [0.15, 0.2) is 128 Å². The van der Waals surface area contributed by atoms with Gasteiger partial charge < -0.3 is 9.30 Å². The summed E-state index contributed by atoms with van der Waals surface area (Å²) in [5, 5.41) is 2.46. The number of nitrogens with zero attached hydrogens (tertiary/aromatic N) is 1. The van der Waals surface area contributed by atoms with Gasteiger partial charge in [-0.3, -0.25) is 0 Å². The molecule has 0 saturated carbocycles. The fourth-order valence-electron chi connectivity index (χ4n) is 5.64. The monoisotopic (exact) mass is 475 g/mol. The molecule has 6 aromatic rings. The van der Waals surface area contributed by atoms with E-state index in [0.29, 0.717) is 0 Å². The Morgan fingerprint density at radius 2 is 1.32 bits per heavy atom. The van der Waals surface area contributed by atoms with Crippen molar-refractivity contribution in [3.05, 3.63) is 133 Å². The average Bonchev–Trinajstić information content (AvgIpc) is 3.20. The van der Waals surface area contributed by atoms with Crippen molar-refractivity contribution in [3.8, 4) is 39.4 Å². The van der Waals surface area contributed by atoms with Crippen LogP contribution in [0.25, 0.3) is 55.3 Å². The summed E-state index contributed by atoms with van der Waals surface area (Å²) < 4.78 is 8.83. The van der Waals surface area contributed by atoms with Gasteiger partial charge >= 0.3 is 0 Å². The summed E-state index contributed by atoms with van der Waals surface area (Å²) >= 11 is 0. The molecule has 7 rings (SSSR count). The molecule has 0 bridgehead atoms. The average molecular weight is 476 g/mol. The van der Waals surface area contributed by atoms with Crippen LogP contribution in [-0.2, 0) is 0 Å². The molecule has 0 unspecified atom stereocenters. The lowest BCUT2D eigenvalue weighted by atomic mass is 9.94. The van der Waals surface area contributed by atoms with Crippen LogP contribution in [0, 0.1) is 0 Å². The van der Waals surface area contributed by atoms with E-state index in [1.807, 2.05) is 18.2 Å². The highest BCUT2D eigenvalue weighted by molar-refractivity contribution is 6.10. The van der Waals surface area contributed by atoms with Gasteiger partial charge in [0.15, 0.2) is 0 Å². The summed E-state index contributed by atoms with van der Waals surface area (Å²) in [7, 11) is 0. The van der Waals surface area contributed by atoms with Crippen molar-refractivity contribution in [2.75, 3.05) is 0 Å². The first kappa shape index (κ1) is 21.5. The standard InChI is InChI=1S/C35H25NO/c1-3-23(4-2)24-17-19-33-30(21-24)28-13-7-9-15-32(28)36(33)25-18-20-35-31(22-25)27-12-6-5-11-26(27)29-14-8-10-16-34(29)37-35/h3-22H,1H2,2H3/b23-4+. The Labute approximate surface area is 216 Å². The topological polar surface area (TPSA) is 14.2 Å². The maximum atomic E-state index is 6.47. The van der Waals surface area contributed by atoms with Crippen LogP contribution in [0.4, 0.5) is 0 Å². The van der Waals surface area contributed by atoms with Crippen LogP contribution in [0.3, 0.4) is 0 Å². The van der Waals surface area contributed by atoms with Crippen LogP contribution >= 0.6 is 0 Å². The van der Waals surface area contributed by atoms with Crippen molar-refractivity contribution in [3.63, 3.8) is 0 Å². The molecule has 2 nitrogen and oxygen atoms in total. The predicted molar refractivity (Wildman–Crippen MR) is 156 cm³/mol. The highest BCUT2D eigenvalue weighted by Gasteiger charge is 2.21. The number of hydrogen-bond acceptors (Lipinski definition) is 1. The Morgan fingerprint density at radius 3 is 2.14 bits per heavy atom. The lowest BCUT2D eigenvalue weighted by Crippen LogP contribution is -1.96. The zero-order chi connectivity index (χ0) is 24.9. The SMILES string of the molecule is C=C/C(=C\C)c1ccc2c(c1)c1ccccc1n2-c1ccc2c(c1)-c1ccccc1-c1ccccc1O2. The molecule has 176 valence electrons. The second-order valence-corrected chi connectivity index (χ2v) is 9.36. The molecule has 0 amide bonds. The minimum absolute atomic E-state index is 0.868. The zero-order valence-corrected chi connectivity index (χ0v) is 20.6. The molecule has 1 aliphatic heterocycles. The molecule has 2 heteroatoms. The first-order valence-electron chi connectivity index (χ1n) is 12.6. The Morgan fingerprint density at radius 1 is 0.649 bits per heavy atom. The van der Waals surface area contributed by atoms with Crippen molar-refractivity contribution in [1.29, 1.82) is 0 Å². The number of benzene rings is 5. The molecule has 37 heavy (non-hydrogen) atoms. The number of rotatable bonds is 3. The third kappa shape index (κ3) is 3.26. The van der Waals surface area contributed by atoms with Crippen molar-refractivity contribution in [1.82, 2.24) is 4.57 Å². The second kappa shape index (κ2) is 8.39. The fraction of sp³-hybridized carbons (Fsp3) is 0.0286. The maximum absolute atomic E-state index is 6.47. The van der Waals surface area contributed by atoms with Crippen LogP contribution in [0.1, 0.15) is 12.5 Å². The van der Waals surface area contributed by atoms with E-state index < -0.39 is 0 Å². The molecule has 0 atom stereocenters. The quantitative estimate of drug-likeness (QED) is 0.232. The van der Waals surface area contributed by atoms with Gasteiger partial charge in [0, 0.05) is 27.6 Å². The minimum Gasteiger partial charge on any atom is -0.456 e. The summed E-state index contributed by atoms with van der Waals surface area (Å²) in [5.41, 5.74) is 10.3. The largest absolute Gasteiger partial charge is 0.456 e.